The Labute approximate surface area is 227 Å². The lowest BCUT2D eigenvalue weighted by molar-refractivity contribution is 0.483. The predicted octanol–water partition coefficient (Wildman–Crippen LogP) is 6.47. The summed E-state index contributed by atoms with van der Waals surface area (Å²) in [6.07, 6.45) is 1.89. The van der Waals surface area contributed by atoms with Crippen LogP contribution in [0.2, 0.25) is 0 Å². The van der Waals surface area contributed by atoms with Gasteiger partial charge in [0.05, 0.1) is 11.0 Å². The monoisotopic (exact) mass is 498 g/mol. The minimum Gasteiger partial charge on any atom is -0.457 e. The topological polar surface area (TPSA) is 27.1 Å². The second kappa shape index (κ2) is 8.75. The number of benzene rings is 5. The maximum Gasteiger partial charge on any atom is 0.266 e. The van der Waals surface area contributed by atoms with E-state index in [9.17, 15) is 0 Å². The summed E-state index contributed by atoms with van der Waals surface area (Å²) in [5, 5.41) is 2.50. The van der Waals surface area contributed by atoms with Gasteiger partial charge in [0.1, 0.15) is 11.5 Å². The summed E-state index contributed by atoms with van der Waals surface area (Å²) in [5.41, 5.74) is 9.48. The molecule has 182 valence electrons. The van der Waals surface area contributed by atoms with E-state index in [2.05, 4.69) is 120 Å². The van der Waals surface area contributed by atoms with Gasteiger partial charge in [0, 0.05) is 34.3 Å². The average molecular weight is 498 g/mol. The zero-order valence-electron chi connectivity index (χ0n) is 21.2. The molecule has 0 unspecified atom stereocenters. The smallest absolute Gasteiger partial charge is 0.266 e. The maximum atomic E-state index is 6.48. The highest BCUT2D eigenvalue weighted by molar-refractivity contribution is 6.98. The number of ether oxygens (including phenoxy) is 1. The van der Waals surface area contributed by atoms with Gasteiger partial charge in [-0.25, -0.2) is 0 Å². The molecule has 3 heterocycles. The van der Waals surface area contributed by atoms with Gasteiger partial charge in [-0.3, -0.25) is 4.98 Å². The normalized spacial score (nSPS) is 12.1. The molecule has 2 aromatic heterocycles. The maximum absolute atomic E-state index is 6.48. The molecule has 0 N–H and O–H groups in total. The Balaban J connectivity index is 1.18. The fourth-order valence-electron chi connectivity index (χ4n) is 6.13. The van der Waals surface area contributed by atoms with Crippen LogP contribution in [-0.4, -0.2) is 16.3 Å². The number of pyridine rings is 1. The molecule has 4 heteroatoms. The van der Waals surface area contributed by atoms with Gasteiger partial charge in [0.15, 0.2) is 0 Å². The molecule has 0 radical (unpaired) electrons. The van der Waals surface area contributed by atoms with Crippen molar-refractivity contribution in [1.29, 1.82) is 0 Å². The molecule has 0 saturated carbocycles. The summed E-state index contributed by atoms with van der Waals surface area (Å²) >= 11 is 0. The molecule has 0 bridgehead atoms. The summed E-state index contributed by atoms with van der Waals surface area (Å²) in [6, 6.07) is 46.7. The van der Waals surface area contributed by atoms with Crippen molar-refractivity contribution in [2.75, 3.05) is 0 Å². The van der Waals surface area contributed by atoms with E-state index in [4.69, 9.17) is 9.72 Å². The van der Waals surface area contributed by atoms with Crippen LogP contribution in [0, 0.1) is 0 Å². The standard InChI is InChI=1S/C35H23BN2O/c1-4-18-32-28(14-1)31-17-9-21-37-35(31)36(32)24-10-7-12-26(22-24)39-27-13-8-11-25(23-27)38-33-19-5-2-15-29(33)30-16-3-6-20-34(30)38/h1-23H. The fraction of sp³-hybridized carbons (Fsp3) is 0. The van der Waals surface area contributed by atoms with Crippen molar-refractivity contribution >= 4 is 45.0 Å². The molecule has 0 fully saturated rings. The molecule has 0 amide bonds. The van der Waals surface area contributed by atoms with E-state index < -0.39 is 0 Å². The van der Waals surface area contributed by atoms with Crippen LogP contribution in [0.15, 0.2) is 140 Å². The van der Waals surface area contributed by atoms with Crippen LogP contribution in [0.4, 0.5) is 0 Å². The molecule has 5 aromatic carbocycles. The molecule has 1 aliphatic rings. The average Bonchev–Trinajstić information content (AvgIpc) is 3.51. The molecule has 0 atom stereocenters. The first-order chi connectivity index (χ1) is 19.3. The fourth-order valence-corrected chi connectivity index (χ4v) is 6.13. The van der Waals surface area contributed by atoms with Crippen LogP contribution in [0.25, 0.3) is 38.6 Å². The zero-order chi connectivity index (χ0) is 25.8. The number of hydrogen-bond acceptors (Lipinski definition) is 2. The Morgan fingerprint density at radius 1 is 0.564 bits per heavy atom. The van der Waals surface area contributed by atoms with Gasteiger partial charge < -0.3 is 9.30 Å². The van der Waals surface area contributed by atoms with Gasteiger partial charge in [0.2, 0.25) is 0 Å². The van der Waals surface area contributed by atoms with E-state index in [1.165, 1.54) is 43.9 Å². The Morgan fingerprint density at radius 3 is 2.05 bits per heavy atom. The van der Waals surface area contributed by atoms with Crippen molar-refractivity contribution in [2.24, 2.45) is 0 Å². The predicted molar refractivity (Wildman–Crippen MR) is 162 cm³/mol. The number of fused-ring (bicyclic) bond motifs is 6. The van der Waals surface area contributed by atoms with Gasteiger partial charge in [-0.2, -0.15) is 0 Å². The highest BCUT2D eigenvalue weighted by Crippen LogP contribution is 2.33. The summed E-state index contributed by atoms with van der Waals surface area (Å²) in [5.74, 6) is 1.62. The second-order valence-corrected chi connectivity index (χ2v) is 10.00. The minimum atomic E-state index is 0.0879. The second-order valence-electron chi connectivity index (χ2n) is 10.00. The Bertz CT molecular complexity index is 1930. The Kier molecular flexibility index (Phi) is 4.92. The molecule has 1 aliphatic heterocycles. The van der Waals surface area contributed by atoms with Crippen LogP contribution in [-0.2, 0) is 0 Å². The number of para-hydroxylation sites is 2. The summed E-state index contributed by atoms with van der Waals surface area (Å²) in [7, 11) is 0. The van der Waals surface area contributed by atoms with E-state index in [1.54, 1.807) is 0 Å². The first-order valence-corrected chi connectivity index (χ1v) is 13.3. The van der Waals surface area contributed by atoms with Crippen LogP contribution in [0.5, 0.6) is 11.5 Å². The largest absolute Gasteiger partial charge is 0.457 e. The van der Waals surface area contributed by atoms with E-state index >= 15 is 0 Å². The lowest BCUT2D eigenvalue weighted by Crippen LogP contribution is -2.50. The van der Waals surface area contributed by atoms with Gasteiger partial charge in [-0.15, -0.1) is 0 Å². The van der Waals surface area contributed by atoms with Gasteiger partial charge in [-0.05, 0) is 53.6 Å². The van der Waals surface area contributed by atoms with Gasteiger partial charge >= 0.3 is 0 Å². The van der Waals surface area contributed by atoms with Crippen molar-refractivity contribution in [3.63, 3.8) is 0 Å². The molecular formula is C35H23BN2O. The Morgan fingerprint density at radius 2 is 1.23 bits per heavy atom. The quantitative estimate of drug-likeness (QED) is 0.260. The first-order valence-electron chi connectivity index (χ1n) is 13.3. The van der Waals surface area contributed by atoms with Crippen LogP contribution < -0.4 is 21.3 Å². The van der Waals surface area contributed by atoms with Crippen LogP contribution in [0.3, 0.4) is 0 Å². The lowest BCUT2D eigenvalue weighted by atomic mass is 9.40. The van der Waals surface area contributed by atoms with Crippen molar-refractivity contribution in [3.8, 4) is 28.3 Å². The molecule has 0 saturated heterocycles. The highest BCUT2D eigenvalue weighted by Gasteiger charge is 2.34. The highest BCUT2D eigenvalue weighted by atomic mass is 16.5. The third-order valence-electron chi connectivity index (χ3n) is 7.76. The number of aromatic nitrogens is 2. The number of nitrogens with zero attached hydrogens (tertiary/aromatic N) is 2. The molecule has 3 nitrogen and oxygen atoms in total. The summed E-state index contributed by atoms with van der Waals surface area (Å²) in [6.45, 7) is 0.0879. The zero-order valence-corrected chi connectivity index (χ0v) is 21.2. The molecule has 7 aromatic rings. The van der Waals surface area contributed by atoms with Gasteiger partial charge in [0.25, 0.3) is 6.71 Å². The molecule has 8 rings (SSSR count). The Hall–Kier alpha value is -5.09. The summed E-state index contributed by atoms with van der Waals surface area (Å²) < 4.78 is 8.80. The van der Waals surface area contributed by atoms with Crippen molar-refractivity contribution < 1.29 is 4.74 Å². The number of rotatable bonds is 4. The van der Waals surface area contributed by atoms with Crippen LogP contribution >= 0.6 is 0 Å². The first kappa shape index (κ1) is 21.9. The van der Waals surface area contributed by atoms with E-state index in [0.717, 1.165) is 22.8 Å². The SMILES string of the molecule is c1cc(Oc2cccc(-n3c4ccccc4c4ccccc43)c2)cc(B2c3ccccc3-c3cccnc32)c1. The van der Waals surface area contributed by atoms with Crippen molar-refractivity contribution in [3.05, 3.63) is 140 Å². The minimum absolute atomic E-state index is 0.0879. The van der Waals surface area contributed by atoms with Crippen molar-refractivity contribution in [2.45, 2.75) is 0 Å². The molecule has 0 spiro atoms. The van der Waals surface area contributed by atoms with E-state index in [1.807, 2.05) is 24.4 Å². The molecule has 0 aliphatic carbocycles. The lowest BCUT2D eigenvalue weighted by Gasteiger charge is -2.13. The van der Waals surface area contributed by atoms with Crippen LogP contribution in [0.1, 0.15) is 0 Å². The third kappa shape index (κ3) is 3.49. The molecule has 39 heavy (non-hydrogen) atoms. The van der Waals surface area contributed by atoms with E-state index in [-0.39, 0.29) is 6.71 Å². The van der Waals surface area contributed by atoms with Gasteiger partial charge in [-0.1, -0.05) is 95.9 Å². The molecular weight excluding hydrogens is 475 g/mol. The number of hydrogen-bond donors (Lipinski definition) is 0. The van der Waals surface area contributed by atoms with Crippen molar-refractivity contribution in [1.82, 2.24) is 9.55 Å². The summed E-state index contributed by atoms with van der Waals surface area (Å²) in [4.78, 5) is 4.79. The van der Waals surface area contributed by atoms with E-state index in [0.29, 0.717) is 0 Å². The third-order valence-corrected chi connectivity index (χ3v) is 7.76.